The third-order valence-electron chi connectivity index (χ3n) is 4.45. The van der Waals surface area contributed by atoms with E-state index in [0.717, 1.165) is 37.7 Å². The predicted octanol–water partition coefficient (Wildman–Crippen LogP) is 3.81. The van der Waals surface area contributed by atoms with Crippen LogP contribution in [0.4, 0.5) is 0 Å². The second-order valence-electron chi connectivity index (χ2n) is 6.35. The van der Waals surface area contributed by atoms with Gasteiger partial charge in [0.2, 0.25) is 5.91 Å². The highest BCUT2D eigenvalue weighted by molar-refractivity contribution is 6.30. The minimum Gasteiger partial charge on any atom is -0.348 e. The normalized spacial score (nSPS) is 27.1. The fraction of sp³-hybridized carbons (Fsp3) is 0.588. The SMILES string of the molecule is CCC(NC(=O)C1(N)CCCC(C)C1)c1cccc(Cl)c1. The molecule has 0 bridgehead atoms. The molecule has 0 aromatic heterocycles. The van der Waals surface area contributed by atoms with Crippen molar-refractivity contribution in [2.45, 2.75) is 57.5 Å². The van der Waals surface area contributed by atoms with E-state index >= 15 is 0 Å². The van der Waals surface area contributed by atoms with Crippen molar-refractivity contribution in [3.63, 3.8) is 0 Å². The first-order chi connectivity index (χ1) is 9.94. The Hall–Kier alpha value is -1.06. The van der Waals surface area contributed by atoms with Crippen molar-refractivity contribution in [3.05, 3.63) is 34.9 Å². The zero-order valence-corrected chi connectivity index (χ0v) is 13.6. The molecular weight excluding hydrogens is 284 g/mol. The van der Waals surface area contributed by atoms with E-state index in [0.29, 0.717) is 10.9 Å². The summed E-state index contributed by atoms with van der Waals surface area (Å²) in [5.41, 5.74) is 6.68. The Labute approximate surface area is 132 Å². The van der Waals surface area contributed by atoms with Crippen molar-refractivity contribution in [2.75, 3.05) is 0 Å². The minimum absolute atomic E-state index is 0.0270. The van der Waals surface area contributed by atoms with Crippen LogP contribution < -0.4 is 11.1 Å². The van der Waals surface area contributed by atoms with Crippen LogP contribution in [0.2, 0.25) is 5.02 Å². The number of halogens is 1. The highest BCUT2D eigenvalue weighted by atomic mass is 35.5. The molecule has 3 atom stereocenters. The lowest BCUT2D eigenvalue weighted by Gasteiger charge is -2.36. The van der Waals surface area contributed by atoms with Crippen LogP contribution >= 0.6 is 11.6 Å². The van der Waals surface area contributed by atoms with Gasteiger partial charge in [-0.1, -0.05) is 50.4 Å². The molecule has 21 heavy (non-hydrogen) atoms. The van der Waals surface area contributed by atoms with Gasteiger partial charge in [0.15, 0.2) is 0 Å². The third-order valence-corrected chi connectivity index (χ3v) is 4.68. The molecule has 1 aliphatic carbocycles. The standard InChI is InChI=1S/C17H25ClN2O/c1-3-15(13-7-4-8-14(18)10-13)20-16(21)17(19)9-5-6-12(2)11-17/h4,7-8,10,12,15H,3,5-6,9,11,19H2,1-2H3,(H,20,21). The smallest absolute Gasteiger partial charge is 0.240 e. The molecule has 3 nitrogen and oxygen atoms in total. The molecule has 3 N–H and O–H groups in total. The van der Waals surface area contributed by atoms with Crippen LogP contribution in [0.3, 0.4) is 0 Å². The van der Waals surface area contributed by atoms with Crippen molar-refractivity contribution in [3.8, 4) is 0 Å². The summed E-state index contributed by atoms with van der Waals surface area (Å²) in [6.45, 7) is 4.22. The lowest BCUT2D eigenvalue weighted by Crippen LogP contribution is -2.56. The molecule has 0 heterocycles. The number of benzene rings is 1. The van der Waals surface area contributed by atoms with Gasteiger partial charge in [0.1, 0.15) is 0 Å². The van der Waals surface area contributed by atoms with Gasteiger partial charge >= 0.3 is 0 Å². The molecular formula is C17H25ClN2O. The molecule has 1 saturated carbocycles. The number of carbonyl (C=O) groups is 1. The van der Waals surface area contributed by atoms with Crippen LogP contribution in [0.1, 0.15) is 57.6 Å². The largest absolute Gasteiger partial charge is 0.348 e. The maximum atomic E-state index is 12.6. The molecule has 4 heteroatoms. The number of amides is 1. The maximum Gasteiger partial charge on any atom is 0.240 e. The molecule has 1 amide bonds. The number of carbonyl (C=O) groups excluding carboxylic acids is 1. The Morgan fingerprint density at radius 2 is 2.33 bits per heavy atom. The molecule has 1 aliphatic rings. The van der Waals surface area contributed by atoms with Crippen LogP contribution in [0, 0.1) is 5.92 Å². The summed E-state index contributed by atoms with van der Waals surface area (Å²) in [6.07, 6.45) is 4.55. The maximum absolute atomic E-state index is 12.6. The molecule has 1 fully saturated rings. The van der Waals surface area contributed by atoms with E-state index in [-0.39, 0.29) is 11.9 Å². The van der Waals surface area contributed by atoms with Gasteiger partial charge in [-0.15, -0.1) is 0 Å². The van der Waals surface area contributed by atoms with Crippen LogP contribution in [0.25, 0.3) is 0 Å². The summed E-state index contributed by atoms with van der Waals surface area (Å²) in [5, 5.41) is 3.81. The Balaban J connectivity index is 2.09. The average Bonchev–Trinajstić information content (AvgIpc) is 2.44. The van der Waals surface area contributed by atoms with Crippen molar-refractivity contribution < 1.29 is 4.79 Å². The van der Waals surface area contributed by atoms with Gasteiger partial charge in [-0.2, -0.15) is 0 Å². The Morgan fingerprint density at radius 1 is 1.57 bits per heavy atom. The lowest BCUT2D eigenvalue weighted by atomic mass is 9.76. The van der Waals surface area contributed by atoms with Crippen LogP contribution in [-0.4, -0.2) is 11.4 Å². The Morgan fingerprint density at radius 3 is 2.95 bits per heavy atom. The fourth-order valence-corrected chi connectivity index (χ4v) is 3.44. The van der Waals surface area contributed by atoms with E-state index in [1.165, 1.54) is 0 Å². The Kier molecular flexibility index (Phi) is 5.28. The van der Waals surface area contributed by atoms with Gasteiger partial charge in [-0.05, 0) is 42.9 Å². The number of nitrogens with two attached hydrogens (primary N) is 1. The Bertz CT molecular complexity index is 505. The van der Waals surface area contributed by atoms with Gasteiger partial charge in [0, 0.05) is 5.02 Å². The van der Waals surface area contributed by atoms with E-state index in [4.69, 9.17) is 17.3 Å². The minimum atomic E-state index is -0.719. The van der Waals surface area contributed by atoms with Crippen LogP contribution in [0.15, 0.2) is 24.3 Å². The summed E-state index contributed by atoms with van der Waals surface area (Å²) in [6, 6.07) is 7.62. The van der Waals surface area contributed by atoms with E-state index in [2.05, 4.69) is 19.2 Å². The molecule has 116 valence electrons. The van der Waals surface area contributed by atoms with Gasteiger partial charge in [-0.25, -0.2) is 0 Å². The van der Waals surface area contributed by atoms with Crippen LogP contribution in [0.5, 0.6) is 0 Å². The van der Waals surface area contributed by atoms with Gasteiger partial charge in [0.25, 0.3) is 0 Å². The van der Waals surface area contributed by atoms with Gasteiger partial charge < -0.3 is 11.1 Å². The highest BCUT2D eigenvalue weighted by Gasteiger charge is 2.38. The predicted molar refractivity (Wildman–Crippen MR) is 87.2 cm³/mol. The second kappa shape index (κ2) is 6.80. The number of hydrogen-bond donors (Lipinski definition) is 2. The van der Waals surface area contributed by atoms with Crippen molar-refractivity contribution in [1.82, 2.24) is 5.32 Å². The average molecular weight is 309 g/mol. The van der Waals surface area contributed by atoms with Crippen molar-refractivity contribution >= 4 is 17.5 Å². The van der Waals surface area contributed by atoms with Crippen LogP contribution in [-0.2, 0) is 4.79 Å². The lowest BCUT2D eigenvalue weighted by molar-refractivity contribution is -0.128. The van der Waals surface area contributed by atoms with E-state index in [1.807, 2.05) is 24.3 Å². The quantitative estimate of drug-likeness (QED) is 0.888. The second-order valence-corrected chi connectivity index (χ2v) is 6.78. The first-order valence-electron chi connectivity index (χ1n) is 7.80. The van der Waals surface area contributed by atoms with Gasteiger partial charge in [-0.3, -0.25) is 4.79 Å². The summed E-state index contributed by atoms with van der Waals surface area (Å²) >= 11 is 6.04. The van der Waals surface area contributed by atoms with E-state index in [9.17, 15) is 4.79 Å². The topological polar surface area (TPSA) is 55.1 Å². The molecule has 0 saturated heterocycles. The molecule has 3 unspecified atom stereocenters. The summed E-state index contributed by atoms with van der Waals surface area (Å²) in [4.78, 5) is 12.6. The molecule has 1 aromatic rings. The third kappa shape index (κ3) is 3.98. The number of nitrogens with one attached hydrogen (secondary N) is 1. The molecule has 0 aliphatic heterocycles. The molecule has 0 radical (unpaired) electrons. The molecule has 1 aromatic carbocycles. The summed E-state index contributed by atoms with van der Waals surface area (Å²) in [7, 11) is 0. The number of hydrogen-bond acceptors (Lipinski definition) is 2. The zero-order valence-electron chi connectivity index (χ0n) is 12.9. The first kappa shape index (κ1) is 16.3. The number of rotatable bonds is 4. The summed E-state index contributed by atoms with van der Waals surface area (Å²) in [5.74, 6) is 0.488. The van der Waals surface area contributed by atoms with E-state index in [1.54, 1.807) is 0 Å². The zero-order chi connectivity index (χ0) is 15.5. The summed E-state index contributed by atoms with van der Waals surface area (Å²) < 4.78 is 0. The fourth-order valence-electron chi connectivity index (χ4n) is 3.24. The molecule has 0 spiro atoms. The first-order valence-corrected chi connectivity index (χ1v) is 8.17. The molecule has 2 rings (SSSR count). The monoisotopic (exact) mass is 308 g/mol. The highest BCUT2D eigenvalue weighted by Crippen LogP contribution is 2.31. The van der Waals surface area contributed by atoms with E-state index < -0.39 is 5.54 Å². The van der Waals surface area contributed by atoms with Gasteiger partial charge in [0.05, 0.1) is 11.6 Å². The van der Waals surface area contributed by atoms with Crippen molar-refractivity contribution in [1.29, 1.82) is 0 Å². The van der Waals surface area contributed by atoms with Crippen molar-refractivity contribution in [2.24, 2.45) is 11.7 Å².